The lowest BCUT2D eigenvalue weighted by Gasteiger charge is -2.28. The molecule has 0 fully saturated rings. The molecule has 9 heteroatoms. The number of nitrogens with zero attached hydrogens (tertiary/aromatic N) is 1. The first-order valence-electron chi connectivity index (χ1n) is 10.0. The van der Waals surface area contributed by atoms with Gasteiger partial charge in [0.05, 0.1) is 15.9 Å². The van der Waals surface area contributed by atoms with E-state index < -0.39 is 6.29 Å². The highest BCUT2D eigenvalue weighted by Gasteiger charge is 2.20. The van der Waals surface area contributed by atoms with Crippen LogP contribution in [0.25, 0.3) is 16.7 Å². The Morgan fingerprint density at radius 3 is 2.78 bits per heavy atom. The minimum Gasteiger partial charge on any atom is -0.348 e. The van der Waals surface area contributed by atoms with Gasteiger partial charge in [-0.25, -0.2) is 4.98 Å². The number of imidazole rings is 1. The van der Waals surface area contributed by atoms with Gasteiger partial charge in [0, 0.05) is 23.0 Å². The van der Waals surface area contributed by atoms with Crippen LogP contribution in [-0.2, 0) is 4.79 Å². The number of amides is 2. The number of aromatic nitrogens is 2. The normalized spacial score (nSPS) is 15.6. The third-order valence-corrected chi connectivity index (χ3v) is 5.95. The largest absolute Gasteiger partial charge is 0.348 e. The number of fused-ring (bicyclic) bond motifs is 1. The Balaban J connectivity index is 1.36. The standard InChI is InChI=1S/C23H20N6O2S/c1-13-5-2-3-6-15(13)24-22-26-17(12-20(30)28-22)14-8-9-16-18(11-14)27-23(25-16)29-21(31)19-7-4-10-32-19/h2-12,22,24,26H,1H3,(H,28,30)(H2,25,27,29,31). The van der Waals surface area contributed by atoms with Crippen LogP contribution in [0.15, 0.2) is 66.1 Å². The van der Waals surface area contributed by atoms with Crippen molar-refractivity contribution in [3.63, 3.8) is 0 Å². The van der Waals surface area contributed by atoms with Crippen LogP contribution in [0, 0.1) is 6.92 Å². The highest BCUT2D eigenvalue weighted by atomic mass is 32.1. The predicted octanol–water partition coefficient (Wildman–Crippen LogP) is 3.64. The van der Waals surface area contributed by atoms with Gasteiger partial charge in [0.2, 0.25) is 11.9 Å². The maximum absolute atomic E-state index is 12.3. The van der Waals surface area contributed by atoms with Gasteiger partial charge in [0.1, 0.15) is 0 Å². The third kappa shape index (κ3) is 4.06. The molecule has 2 aromatic carbocycles. The Morgan fingerprint density at radius 2 is 1.97 bits per heavy atom. The number of rotatable bonds is 5. The summed E-state index contributed by atoms with van der Waals surface area (Å²) in [5.41, 5.74) is 4.98. The van der Waals surface area contributed by atoms with Crippen LogP contribution in [0.2, 0.25) is 0 Å². The van der Waals surface area contributed by atoms with Crippen molar-refractivity contribution in [3.8, 4) is 0 Å². The summed E-state index contributed by atoms with van der Waals surface area (Å²) in [5, 5.41) is 14.1. The molecule has 0 bridgehead atoms. The maximum Gasteiger partial charge on any atom is 0.268 e. The van der Waals surface area contributed by atoms with Crippen LogP contribution in [0.4, 0.5) is 11.6 Å². The fourth-order valence-electron chi connectivity index (χ4n) is 3.49. The van der Waals surface area contributed by atoms with E-state index in [1.165, 1.54) is 17.4 Å². The number of aromatic amines is 1. The van der Waals surface area contributed by atoms with Gasteiger partial charge in [-0.1, -0.05) is 30.3 Å². The lowest BCUT2D eigenvalue weighted by molar-refractivity contribution is -0.117. The molecule has 0 saturated carbocycles. The van der Waals surface area contributed by atoms with Crippen LogP contribution < -0.4 is 21.3 Å². The molecule has 1 aliphatic heterocycles. The van der Waals surface area contributed by atoms with Crippen LogP contribution in [-0.4, -0.2) is 28.1 Å². The number of para-hydroxylation sites is 1. The number of carbonyl (C=O) groups excluding carboxylic acids is 2. The second kappa shape index (κ2) is 8.20. The summed E-state index contributed by atoms with van der Waals surface area (Å²) in [7, 11) is 0. The average molecular weight is 445 g/mol. The smallest absolute Gasteiger partial charge is 0.268 e. The number of hydrogen-bond donors (Lipinski definition) is 5. The van der Waals surface area contributed by atoms with Crippen molar-refractivity contribution in [1.82, 2.24) is 20.6 Å². The molecule has 3 heterocycles. The SMILES string of the molecule is Cc1ccccc1NC1NC(=O)C=C(c2ccc3nc(NC(=O)c4cccs4)[nH]c3c2)N1. The number of nitrogens with one attached hydrogen (secondary N) is 5. The van der Waals surface area contributed by atoms with Crippen LogP contribution in [0.1, 0.15) is 20.8 Å². The Kier molecular flexibility index (Phi) is 5.08. The molecular weight excluding hydrogens is 424 g/mol. The van der Waals surface area contributed by atoms with Crippen LogP contribution >= 0.6 is 11.3 Å². The summed E-state index contributed by atoms with van der Waals surface area (Å²) in [4.78, 5) is 32.8. The van der Waals surface area contributed by atoms with E-state index in [1.54, 1.807) is 6.07 Å². The fraction of sp³-hybridized carbons (Fsp3) is 0.0870. The molecule has 1 atom stereocenters. The summed E-state index contributed by atoms with van der Waals surface area (Å²) in [6, 6.07) is 17.1. The van der Waals surface area contributed by atoms with Gasteiger partial charge >= 0.3 is 0 Å². The van der Waals surface area contributed by atoms with Gasteiger partial charge in [-0.15, -0.1) is 11.3 Å². The molecule has 8 nitrogen and oxygen atoms in total. The van der Waals surface area contributed by atoms with Crippen molar-refractivity contribution >= 4 is 51.5 Å². The van der Waals surface area contributed by atoms with Gasteiger partial charge in [-0.3, -0.25) is 14.9 Å². The molecule has 5 N–H and O–H groups in total. The van der Waals surface area contributed by atoms with Crippen molar-refractivity contribution in [3.05, 3.63) is 82.1 Å². The van der Waals surface area contributed by atoms with E-state index in [1.807, 2.05) is 60.8 Å². The summed E-state index contributed by atoms with van der Waals surface area (Å²) in [6.07, 6.45) is 1.06. The molecule has 32 heavy (non-hydrogen) atoms. The van der Waals surface area contributed by atoms with E-state index in [0.717, 1.165) is 22.3 Å². The number of thiophene rings is 1. The van der Waals surface area contributed by atoms with Gasteiger partial charge in [0.15, 0.2) is 6.29 Å². The number of H-pyrrole nitrogens is 1. The second-order valence-corrected chi connectivity index (χ2v) is 8.30. The Morgan fingerprint density at radius 1 is 1.09 bits per heavy atom. The van der Waals surface area contributed by atoms with Gasteiger partial charge in [-0.2, -0.15) is 0 Å². The van der Waals surface area contributed by atoms with Crippen molar-refractivity contribution in [2.24, 2.45) is 0 Å². The molecule has 0 aliphatic carbocycles. The summed E-state index contributed by atoms with van der Waals surface area (Å²) in [5.74, 6) is -0.0332. The highest BCUT2D eigenvalue weighted by Crippen LogP contribution is 2.23. The van der Waals surface area contributed by atoms with Gasteiger partial charge < -0.3 is 20.9 Å². The van der Waals surface area contributed by atoms with E-state index in [2.05, 4.69) is 31.2 Å². The first kappa shape index (κ1) is 19.8. The van der Waals surface area contributed by atoms with Crippen molar-refractivity contribution < 1.29 is 9.59 Å². The molecule has 5 rings (SSSR count). The van der Waals surface area contributed by atoms with E-state index in [4.69, 9.17) is 0 Å². The number of hydrogen-bond acceptors (Lipinski definition) is 6. The molecule has 0 spiro atoms. The molecular formula is C23H20N6O2S. The number of benzene rings is 2. The Labute approximate surface area is 187 Å². The zero-order chi connectivity index (χ0) is 22.1. The molecule has 0 radical (unpaired) electrons. The van der Waals surface area contributed by atoms with E-state index in [9.17, 15) is 9.59 Å². The highest BCUT2D eigenvalue weighted by molar-refractivity contribution is 7.12. The molecule has 1 aliphatic rings. The predicted molar refractivity (Wildman–Crippen MR) is 126 cm³/mol. The van der Waals surface area contributed by atoms with Crippen molar-refractivity contribution in [2.45, 2.75) is 13.2 Å². The minimum atomic E-state index is -0.457. The maximum atomic E-state index is 12.3. The zero-order valence-corrected chi connectivity index (χ0v) is 17.9. The Hall–Kier alpha value is -4.11. The summed E-state index contributed by atoms with van der Waals surface area (Å²) in [6.45, 7) is 2.00. The molecule has 2 amide bonds. The van der Waals surface area contributed by atoms with E-state index in [0.29, 0.717) is 22.0 Å². The molecule has 4 aromatic rings. The lowest BCUT2D eigenvalue weighted by atomic mass is 10.1. The quantitative estimate of drug-likeness (QED) is 0.323. The first-order chi connectivity index (χ1) is 15.5. The van der Waals surface area contributed by atoms with Gasteiger partial charge in [-0.05, 0) is 42.1 Å². The number of anilines is 2. The second-order valence-electron chi connectivity index (χ2n) is 7.35. The zero-order valence-electron chi connectivity index (χ0n) is 17.1. The average Bonchev–Trinajstić information content (AvgIpc) is 3.44. The Bertz CT molecular complexity index is 1340. The van der Waals surface area contributed by atoms with E-state index >= 15 is 0 Å². The van der Waals surface area contributed by atoms with E-state index in [-0.39, 0.29) is 11.8 Å². The topological polar surface area (TPSA) is 111 Å². The fourth-order valence-corrected chi connectivity index (χ4v) is 4.11. The molecule has 160 valence electrons. The number of carbonyl (C=O) groups is 2. The monoisotopic (exact) mass is 444 g/mol. The summed E-state index contributed by atoms with van der Waals surface area (Å²) >= 11 is 1.37. The lowest BCUT2D eigenvalue weighted by Crippen LogP contribution is -2.52. The van der Waals surface area contributed by atoms with Crippen molar-refractivity contribution in [1.29, 1.82) is 0 Å². The van der Waals surface area contributed by atoms with Gasteiger partial charge in [0.25, 0.3) is 5.91 Å². The molecule has 1 unspecified atom stereocenters. The number of aryl methyl sites for hydroxylation is 1. The van der Waals surface area contributed by atoms with Crippen LogP contribution in [0.3, 0.4) is 0 Å². The summed E-state index contributed by atoms with van der Waals surface area (Å²) < 4.78 is 0. The molecule has 2 aromatic heterocycles. The van der Waals surface area contributed by atoms with Crippen molar-refractivity contribution in [2.75, 3.05) is 10.6 Å². The molecule has 0 saturated heterocycles. The van der Waals surface area contributed by atoms with Crippen LogP contribution in [0.5, 0.6) is 0 Å². The first-order valence-corrected chi connectivity index (χ1v) is 10.9. The third-order valence-electron chi connectivity index (χ3n) is 5.08. The minimum absolute atomic E-state index is 0.196.